The fourth-order valence-electron chi connectivity index (χ4n) is 4.75. The van der Waals surface area contributed by atoms with Gasteiger partial charge in [0.25, 0.3) is 0 Å². The normalized spacial score (nSPS) is 12.3. The Morgan fingerprint density at radius 3 is 2.05 bits per heavy atom. The van der Waals surface area contributed by atoms with Gasteiger partial charge in [0.1, 0.15) is 11.4 Å². The predicted octanol–water partition coefficient (Wildman–Crippen LogP) is 7.73. The summed E-state index contributed by atoms with van der Waals surface area (Å²) in [5.41, 5.74) is 2.75. The van der Waals surface area contributed by atoms with Gasteiger partial charge in [-0.3, -0.25) is 4.79 Å². The molecule has 0 bridgehead atoms. The molecule has 0 aliphatic heterocycles. The largest absolute Gasteiger partial charge is 0.496 e. The Kier molecular flexibility index (Phi) is 12.4. The molecule has 8 nitrogen and oxygen atoms in total. The topological polar surface area (TPSA) is 95.1 Å². The highest BCUT2D eigenvalue weighted by Crippen LogP contribution is 2.41. The SMILES string of the molecule is CCCCCC(CC(=O)Nc1cc(CNC(=O)OC(C)(C)C)ccc1C(C)(C)C)c1cc(OC)c(OC)cc1OC. The molecule has 2 N–H and O–H groups in total. The van der Waals surface area contributed by atoms with Gasteiger partial charge in [-0.15, -0.1) is 0 Å². The van der Waals surface area contributed by atoms with Crippen LogP contribution in [0.5, 0.6) is 17.2 Å². The second kappa shape index (κ2) is 15.0. The molecule has 2 rings (SSSR count). The molecule has 1 atom stereocenters. The fraction of sp³-hybridized carbons (Fsp3) is 0.576. The Bertz CT molecular complexity index is 1160. The van der Waals surface area contributed by atoms with Crippen LogP contribution in [0, 0.1) is 0 Å². The van der Waals surface area contributed by atoms with Crippen molar-refractivity contribution in [3.63, 3.8) is 0 Å². The summed E-state index contributed by atoms with van der Waals surface area (Å²) < 4.78 is 22.1. The summed E-state index contributed by atoms with van der Waals surface area (Å²) in [6, 6.07) is 9.65. The first-order valence-electron chi connectivity index (χ1n) is 14.4. The van der Waals surface area contributed by atoms with Crippen molar-refractivity contribution in [2.45, 2.75) is 104 Å². The second-order valence-electron chi connectivity index (χ2n) is 12.4. The van der Waals surface area contributed by atoms with Crippen LogP contribution >= 0.6 is 0 Å². The van der Waals surface area contributed by atoms with E-state index in [9.17, 15) is 9.59 Å². The third kappa shape index (κ3) is 10.5. The number of amides is 2. The van der Waals surface area contributed by atoms with Crippen LogP contribution in [0.25, 0.3) is 0 Å². The van der Waals surface area contributed by atoms with Gasteiger partial charge in [-0.25, -0.2) is 4.79 Å². The Hall–Kier alpha value is -3.42. The molecule has 1 unspecified atom stereocenters. The minimum atomic E-state index is -0.580. The molecular formula is C33H50N2O6. The van der Waals surface area contributed by atoms with Crippen LogP contribution in [0.1, 0.15) is 103 Å². The summed E-state index contributed by atoms with van der Waals surface area (Å²) in [6.07, 6.45) is 3.78. The van der Waals surface area contributed by atoms with Crippen molar-refractivity contribution < 1.29 is 28.5 Å². The molecule has 8 heteroatoms. The minimum Gasteiger partial charge on any atom is -0.496 e. The first kappa shape index (κ1) is 33.8. The maximum Gasteiger partial charge on any atom is 0.407 e. The first-order chi connectivity index (χ1) is 19.2. The van der Waals surface area contributed by atoms with E-state index in [1.807, 2.05) is 51.1 Å². The number of ether oxygens (including phenoxy) is 4. The number of hydrogen-bond acceptors (Lipinski definition) is 6. The van der Waals surface area contributed by atoms with Gasteiger partial charge in [-0.05, 0) is 61.8 Å². The van der Waals surface area contributed by atoms with Crippen LogP contribution in [-0.4, -0.2) is 38.9 Å². The molecule has 0 aliphatic carbocycles. The van der Waals surface area contributed by atoms with Gasteiger partial charge in [0.05, 0.1) is 21.3 Å². The summed E-state index contributed by atoms with van der Waals surface area (Å²) in [5, 5.41) is 5.98. The van der Waals surface area contributed by atoms with E-state index in [4.69, 9.17) is 18.9 Å². The van der Waals surface area contributed by atoms with Gasteiger partial charge in [0.2, 0.25) is 5.91 Å². The van der Waals surface area contributed by atoms with Crippen LogP contribution in [0.15, 0.2) is 30.3 Å². The number of hydrogen-bond donors (Lipinski definition) is 2. The number of benzene rings is 2. The monoisotopic (exact) mass is 570 g/mol. The van der Waals surface area contributed by atoms with E-state index < -0.39 is 11.7 Å². The molecule has 228 valence electrons. The van der Waals surface area contributed by atoms with Crippen molar-refractivity contribution in [1.82, 2.24) is 5.32 Å². The highest BCUT2D eigenvalue weighted by Gasteiger charge is 2.25. The molecule has 0 radical (unpaired) electrons. The Morgan fingerprint density at radius 2 is 1.49 bits per heavy atom. The predicted molar refractivity (Wildman–Crippen MR) is 164 cm³/mol. The number of unbranched alkanes of at least 4 members (excludes halogenated alkanes) is 2. The average Bonchev–Trinajstić information content (AvgIpc) is 2.89. The fourth-order valence-corrected chi connectivity index (χ4v) is 4.75. The summed E-state index contributed by atoms with van der Waals surface area (Å²) in [7, 11) is 4.82. The first-order valence-corrected chi connectivity index (χ1v) is 14.4. The van der Waals surface area contributed by atoms with Crippen LogP contribution in [0.4, 0.5) is 10.5 Å². The van der Waals surface area contributed by atoms with E-state index in [1.54, 1.807) is 21.3 Å². The van der Waals surface area contributed by atoms with E-state index in [0.717, 1.165) is 48.1 Å². The minimum absolute atomic E-state index is 0.0774. The third-order valence-electron chi connectivity index (χ3n) is 6.77. The van der Waals surface area contributed by atoms with E-state index in [-0.39, 0.29) is 30.2 Å². The van der Waals surface area contributed by atoms with Crippen molar-refractivity contribution in [2.75, 3.05) is 26.6 Å². The van der Waals surface area contributed by atoms with Gasteiger partial charge in [-0.2, -0.15) is 0 Å². The quantitative estimate of drug-likeness (QED) is 0.239. The molecule has 2 aromatic rings. The molecule has 0 aliphatic rings. The zero-order valence-corrected chi connectivity index (χ0v) is 26.7. The summed E-state index contributed by atoms with van der Waals surface area (Å²) in [6.45, 7) is 14.3. The molecule has 0 heterocycles. The Balaban J connectivity index is 2.35. The number of carbonyl (C=O) groups is 2. The smallest absolute Gasteiger partial charge is 0.407 e. The van der Waals surface area contributed by atoms with Crippen LogP contribution in [-0.2, 0) is 21.5 Å². The Morgan fingerprint density at radius 1 is 0.854 bits per heavy atom. The molecule has 0 saturated carbocycles. The summed E-state index contributed by atoms with van der Waals surface area (Å²) >= 11 is 0. The molecule has 41 heavy (non-hydrogen) atoms. The van der Waals surface area contributed by atoms with Crippen molar-refractivity contribution in [2.24, 2.45) is 0 Å². The molecule has 2 aromatic carbocycles. The van der Waals surface area contributed by atoms with E-state index in [1.165, 1.54) is 0 Å². The van der Waals surface area contributed by atoms with E-state index in [2.05, 4.69) is 38.3 Å². The zero-order chi connectivity index (χ0) is 30.8. The molecular weight excluding hydrogens is 520 g/mol. The van der Waals surface area contributed by atoms with Crippen molar-refractivity contribution >= 4 is 17.7 Å². The van der Waals surface area contributed by atoms with Gasteiger partial charge in [0.15, 0.2) is 11.5 Å². The maximum atomic E-state index is 13.6. The number of methoxy groups -OCH3 is 3. The number of carbonyl (C=O) groups excluding carboxylic acids is 2. The average molecular weight is 571 g/mol. The lowest BCUT2D eigenvalue weighted by molar-refractivity contribution is -0.116. The lowest BCUT2D eigenvalue weighted by atomic mass is 9.85. The van der Waals surface area contributed by atoms with Gasteiger partial charge in [-0.1, -0.05) is 59.1 Å². The molecule has 0 fully saturated rings. The molecule has 2 amide bonds. The molecule has 0 spiro atoms. The lowest BCUT2D eigenvalue weighted by Crippen LogP contribution is -2.32. The zero-order valence-electron chi connectivity index (χ0n) is 26.7. The summed E-state index contributed by atoms with van der Waals surface area (Å²) in [5.74, 6) is 1.68. The van der Waals surface area contributed by atoms with E-state index >= 15 is 0 Å². The van der Waals surface area contributed by atoms with Crippen LogP contribution < -0.4 is 24.8 Å². The lowest BCUT2D eigenvalue weighted by Gasteiger charge is -2.25. The number of rotatable bonds is 13. The van der Waals surface area contributed by atoms with Crippen LogP contribution in [0.3, 0.4) is 0 Å². The standard InChI is InChI=1S/C33H50N2O6/c1-11-12-13-14-23(24-19-28(39-9)29(40-10)20-27(24)38-8)18-30(36)35-26-17-22(15-16-25(26)32(2,3)4)21-34-31(37)41-33(5,6)7/h15-17,19-20,23H,11-14,18,21H2,1-10H3,(H,34,37)(H,35,36). The van der Waals surface area contributed by atoms with Crippen molar-refractivity contribution in [3.8, 4) is 17.2 Å². The van der Waals surface area contributed by atoms with Gasteiger partial charge in [0, 0.05) is 30.3 Å². The number of nitrogens with one attached hydrogen (secondary N) is 2. The van der Waals surface area contributed by atoms with Gasteiger partial charge < -0.3 is 29.6 Å². The van der Waals surface area contributed by atoms with Crippen molar-refractivity contribution in [3.05, 3.63) is 47.0 Å². The molecule has 0 saturated heterocycles. The Labute approximate surface area is 246 Å². The second-order valence-corrected chi connectivity index (χ2v) is 12.4. The third-order valence-corrected chi connectivity index (χ3v) is 6.77. The number of anilines is 1. The summed E-state index contributed by atoms with van der Waals surface area (Å²) in [4.78, 5) is 25.8. The molecule has 0 aromatic heterocycles. The van der Waals surface area contributed by atoms with Gasteiger partial charge >= 0.3 is 6.09 Å². The highest BCUT2D eigenvalue weighted by atomic mass is 16.6. The maximum absolute atomic E-state index is 13.6. The van der Waals surface area contributed by atoms with Crippen LogP contribution in [0.2, 0.25) is 0 Å². The van der Waals surface area contributed by atoms with E-state index in [0.29, 0.717) is 17.2 Å². The van der Waals surface area contributed by atoms with Crippen molar-refractivity contribution in [1.29, 1.82) is 0 Å². The number of alkyl carbamates (subject to hydrolysis) is 1. The highest BCUT2D eigenvalue weighted by molar-refractivity contribution is 5.92.